The highest BCUT2D eigenvalue weighted by Crippen LogP contribution is 2.06. The maximum atomic E-state index is 11.3. The number of carboxylic acids is 1. The molecule has 5 heteroatoms. The van der Waals surface area contributed by atoms with Crippen LogP contribution in [-0.4, -0.2) is 29.8 Å². The third kappa shape index (κ3) is 10.4. The molecule has 0 fully saturated rings. The number of nitrogens with one attached hydrogen (secondary N) is 1. The van der Waals surface area contributed by atoms with Gasteiger partial charge in [-0.3, -0.25) is 0 Å². The van der Waals surface area contributed by atoms with Crippen LogP contribution in [0.3, 0.4) is 0 Å². The normalized spacial score (nSPS) is 11.9. The summed E-state index contributed by atoms with van der Waals surface area (Å²) in [6.45, 7) is 4.40. The van der Waals surface area contributed by atoms with Gasteiger partial charge in [-0.1, -0.05) is 52.4 Å². The van der Waals surface area contributed by atoms with Crippen LogP contribution in [-0.2, 0) is 9.53 Å². The molecule has 1 unspecified atom stereocenters. The fourth-order valence-electron chi connectivity index (χ4n) is 1.75. The average Bonchev–Trinajstić information content (AvgIpc) is 2.38. The van der Waals surface area contributed by atoms with Gasteiger partial charge in [0.15, 0.2) is 6.10 Å². The van der Waals surface area contributed by atoms with E-state index in [1.165, 1.54) is 32.1 Å². The van der Waals surface area contributed by atoms with Crippen molar-refractivity contribution < 1.29 is 19.4 Å². The molecular formula is C14H27NO4. The zero-order valence-electron chi connectivity index (χ0n) is 12.1. The number of amides is 1. The predicted molar refractivity (Wildman–Crippen MR) is 74.2 cm³/mol. The average molecular weight is 273 g/mol. The Labute approximate surface area is 115 Å². The van der Waals surface area contributed by atoms with Gasteiger partial charge in [0.2, 0.25) is 0 Å². The van der Waals surface area contributed by atoms with Crippen molar-refractivity contribution >= 4 is 12.1 Å². The van der Waals surface area contributed by atoms with Crippen LogP contribution in [0.5, 0.6) is 0 Å². The molecule has 0 spiro atoms. The number of unbranched alkanes of at least 4 members (excludes halogenated alkanes) is 6. The fraction of sp³-hybridized carbons (Fsp3) is 0.857. The van der Waals surface area contributed by atoms with Crippen LogP contribution in [0.4, 0.5) is 4.79 Å². The summed E-state index contributed by atoms with van der Waals surface area (Å²) >= 11 is 0. The third-order valence-corrected chi connectivity index (χ3v) is 2.95. The van der Waals surface area contributed by atoms with Gasteiger partial charge in [0.25, 0.3) is 0 Å². The van der Waals surface area contributed by atoms with Crippen molar-refractivity contribution in [2.75, 3.05) is 6.54 Å². The van der Waals surface area contributed by atoms with Crippen LogP contribution in [0.25, 0.3) is 0 Å². The molecule has 0 rings (SSSR count). The second-order valence-corrected chi connectivity index (χ2v) is 4.69. The third-order valence-electron chi connectivity index (χ3n) is 2.95. The number of carbonyl (C=O) groups is 2. The number of ether oxygens (including phenoxy) is 1. The van der Waals surface area contributed by atoms with E-state index in [0.29, 0.717) is 6.54 Å². The van der Waals surface area contributed by atoms with Gasteiger partial charge >= 0.3 is 12.1 Å². The number of hydrogen-bond acceptors (Lipinski definition) is 3. The lowest BCUT2D eigenvalue weighted by atomic mass is 10.1. The maximum absolute atomic E-state index is 11.3. The molecule has 0 aliphatic carbocycles. The molecule has 0 bridgehead atoms. The van der Waals surface area contributed by atoms with E-state index in [4.69, 9.17) is 9.84 Å². The Morgan fingerprint density at radius 2 is 1.63 bits per heavy atom. The zero-order valence-corrected chi connectivity index (χ0v) is 12.1. The Balaban J connectivity index is 3.45. The van der Waals surface area contributed by atoms with E-state index < -0.39 is 18.2 Å². The molecule has 19 heavy (non-hydrogen) atoms. The van der Waals surface area contributed by atoms with E-state index >= 15 is 0 Å². The van der Waals surface area contributed by atoms with E-state index in [-0.39, 0.29) is 6.42 Å². The van der Waals surface area contributed by atoms with Gasteiger partial charge in [-0.15, -0.1) is 0 Å². The number of hydrogen-bond donors (Lipinski definition) is 2. The van der Waals surface area contributed by atoms with E-state index in [0.717, 1.165) is 12.8 Å². The van der Waals surface area contributed by atoms with Crippen LogP contribution in [0.1, 0.15) is 65.2 Å². The van der Waals surface area contributed by atoms with Gasteiger partial charge in [0, 0.05) is 6.54 Å². The highest BCUT2D eigenvalue weighted by Gasteiger charge is 2.19. The van der Waals surface area contributed by atoms with Crippen LogP contribution in [0.15, 0.2) is 0 Å². The van der Waals surface area contributed by atoms with Gasteiger partial charge in [-0.2, -0.15) is 0 Å². The number of aliphatic carboxylic acids is 1. The summed E-state index contributed by atoms with van der Waals surface area (Å²) in [5, 5.41) is 11.3. The van der Waals surface area contributed by atoms with Crippen molar-refractivity contribution in [2.24, 2.45) is 0 Å². The highest BCUT2D eigenvalue weighted by atomic mass is 16.6. The summed E-state index contributed by atoms with van der Waals surface area (Å²) in [6, 6.07) is 0. The van der Waals surface area contributed by atoms with Crippen molar-refractivity contribution in [1.29, 1.82) is 0 Å². The standard InChI is InChI=1S/C14H27NO4/c1-3-5-6-7-8-9-10-11-15-14(18)19-12(4-2)13(16)17/h12H,3-11H2,1-2H3,(H,15,18)(H,16,17). The maximum Gasteiger partial charge on any atom is 0.407 e. The molecule has 2 N–H and O–H groups in total. The fourth-order valence-corrected chi connectivity index (χ4v) is 1.75. The second kappa shape index (κ2) is 11.8. The van der Waals surface area contributed by atoms with Gasteiger partial charge < -0.3 is 15.2 Å². The van der Waals surface area contributed by atoms with Crippen LogP contribution < -0.4 is 5.32 Å². The molecule has 0 aliphatic rings. The van der Waals surface area contributed by atoms with Crippen LogP contribution in [0.2, 0.25) is 0 Å². The Kier molecular flexibility index (Phi) is 11.0. The Bertz CT molecular complexity index is 256. The molecule has 1 atom stereocenters. The van der Waals surface area contributed by atoms with Gasteiger partial charge in [-0.05, 0) is 12.8 Å². The zero-order chi connectivity index (χ0) is 14.5. The minimum atomic E-state index is -1.10. The SMILES string of the molecule is CCCCCCCCCNC(=O)OC(CC)C(=O)O. The molecule has 112 valence electrons. The van der Waals surface area contributed by atoms with E-state index in [9.17, 15) is 9.59 Å². The Hall–Kier alpha value is -1.26. The molecule has 0 saturated carbocycles. The summed E-state index contributed by atoms with van der Waals surface area (Å²) in [5.74, 6) is -1.10. The van der Waals surface area contributed by atoms with Gasteiger partial charge in [-0.25, -0.2) is 9.59 Å². The Morgan fingerprint density at radius 1 is 1.05 bits per heavy atom. The van der Waals surface area contributed by atoms with E-state index in [2.05, 4.69) is 12.2 Å². The number of carboxylic acid groups (broad SMARTS) is 1. The predicted octanol–water partition coefficient (Wildman–Crippen LogP) is 3.33. The first-order valence-electron chi connectivity index (χ1n) is 7.29. The highest BCUT2D eigenvalue weighted by molar-refractivity contribution is 5.77. The van der Waals surface area contributed by atoms with Crippen molar-refractivity contribution in [1.82, 2.24) is 5.32 Å². The number of rotatable bonds is 11. The van der Waals surface area contributed by atoms with Crippen molar-refractivity contribution in [2.45, 2.75) is 71.3 Å². The van der Waals surface area contributed by atoms with Crippen LogP contribution in [0, 0.1) is 0 Å². The largest absolute Gasteiger partial charge is 0.479 e. The summed E-state index contributed by atoms with van der Waals surface area (Å²) in [5.41, 5.74) is 0. The van der Waals surface area contributed by atoms with Crippen molar-refractivity contribution in [3.05, 3.63) is 0 Å². The monoisotopic (exact) mass is 273 g/mol. The first kappa shape index (κ1) is 17.7. The van der Waals surface area contributed by atoms with Gasteiger partial charge in [0.1, 0.15) is 0 Å². The smallest absolute Gasteiger partial charge is 0.407 e. The second-order valence-electron chi connectivity index (χ2n) is 4.69. The van der Waals surface area contributed by atoms with Crippen molar-refractivity contribution in [3.63, 3.8) is 0 Å². The summed E-state index contributed by atoms with van der Waals surface area (Å²) < 4.78 is 4.77. The molecule has 0 aromatic heterocycles. The molecule has 0 heterocycles. The minimum Gasteiger partial charge on any atom is -0.479 e. The number of alkyl carbamates (subject to hydrolysis) is 1. The Morgan fingerprint density at radius 3 is 2.16 bits per heavy atom. The topological polar surface area (TPSA) is 75.6 Å². The first-order chi connectivity index (χ1) is 9.11. The van der Waals surface area contributed by atoms with Gasteiger partial charge in [0.05, 0.1) is 0 Å². The van der Waals surface area contributed by atoms with E-state index in [1.807, 2.05) is 0 Å². The van der Waals surface area contributed by atoms with Crippen molar-refractivity contribution in [3.8, 4) is 0 Å². The molecule has 0 aromatic carbocycles. The summed E-state index contributed by atoms with van der Waals surface area (Å²) in [7, 11) is 0. The quantitative estimate of drug-likeness (QED) is 0.566. The molecule has 0 radical (unpaired) electrons. The lowest BCUT2D eigenvalue weighted by Crippen LogP contribution is -2.33. The molecular weight excluding hydrogens is 246 g/mol. The number of carbonyl (C=O) groups excluding carboxylic acids is 1. The molecule has 0 aliphatic heterocycles. The summed E-state index contributed by atoms with van der Waals surface area (Å²) in [4.78, 5) is 22.0. The first-order valence-corrected chi connectivity index (χ1v) is 7.29. The van der Waals surface area contributed by atoms with E-state index in [1.54, 1.807) is 6.92 Å². The molecule has 0 aromatic rings. The lowest BCUT2D eigenvalue weighted by Gasteiger charge is -2.12. The molecule has 5 nitrogen and oxygen atoms in total. The molecule has 1 amide bonds. The lowest BCUT2D eigenvalue weighted by molar-refractivity contribution is -0.146. The minimum absolute atomic E-state index is 0.278. The van der Waals surface area contributed by atoms with Crippen LogP contribution >= 0.6 is 0 Å². The summed E-state index contributed by atoms with van der Waals surface area (Å²) in [6.07, 6.45) is 6.83. The molecule has 0 saturated heterocycles.